The molecule has 0 saturated carbocycles. The predicted octanol–water partition coefficient (Wildman–Crippen LogP) is 2.43. The van der Waals surface area contributed by atoms with Crippen molar-refractivity contribution in [1.29, 1.82) is 0 Å². The molecule has 3 unspecified atom stereocenters. The van der Waals surface area contributed by atoms with Crippen molar-refractivity contribution in [2.75, 3.05) is 0 Å². The summed E-state index contributed by atoms with van der Waals surface area (Å²) in [5.74, 6) is 0.937. The number of rotatable bonds is 2. The van der Waals surface area contributed by atoms with Gasteiger partial charge >= 0.3 is 0 Å². The maximum Gasteiger partial charge on any atom is 0.261 e. The molecule has 1 aromatic carbocycles. The minimum absolute atomic E-state index is 0. The van der Waals surface area contributed by atoms with E-state index in [2.05, 4.69) is 36.6 Å². The molecule has 126 valence electrons. The fourth-order valence-corrected chi connectivity index (χ4v) is 4.13. The van der Waals surface area contributed by atoms with Crippen molar-refractivity contribution in [3.63, 3.8) is 0 Å². The topological polar surface area (TPSA) is 50.4 Å². The van der Waals surface area contributed by atoms with Crippen molar-refractivity contribution in [3.8, 4) is 5.75 Å². The third kappa shape index (κ3) is 3.20. The first kappa shape index (κ1) is 16.6. The van der Waals surface area contributed by atoms with Crippen molar-refractivity contribution in [2.45, 2.75) is 70.2 Å². The van der Waals surface area contributed by atoms with Crippen LogP contribution >= 0.6 is 12.4 Å². The Bertz CT molecular complexity index is 576. The minimum atomic E-state index is -0.358. The van der Waals surface area contributed by atoms with Crippen LogP contribution in [0.15, 0.2) is 12.1 Å². The number of amides is 1. The smallest absolute Gasteiger partial charge is 0.261 e. The van der Waals surface area contributed by atoms with Crippen LogP contribution in [0.2, 0.25) is 0 Å². The number of halogens is 1. The Morgan fingerprint density at radius 3 is 2.52 bits per heavy atom. The van der Waals surface area contributed by atoms with Gasteiger partial charge in [-0.3, -0.25) is 4.79 Å². The first-order valence-electron chi connectivity index (χ1n) is 8.41. The van der Waals surface area contributed by atoms with E-state index in [0.717, 1.165) is 24.2 Å². The molecule has 5 heteroatoms. The zero-order chi connectivity index (χ0) is 15.3. The number of piperidine rings is 1. The molecule has 0 radical (unpaired) electrons. The maximum atomic E-state index is 12.5. The highest BCUT2D eigenvalue weighted by Gasteiger charge is 2.36. The number of hydrogen-bond acceptors (Lipinski definition) is 3. The van der Waals surface area contributed by atoms with Crippen molar-refractivity contribution in [1.82, 2.24) is 10.6 Å². The minimum Gasteiger partial charge on any atom is -0.480 e. The molecule has 2 saturated heterocycles. The maximum absolute atomic E-state index is 12.5. The molecule has 4 nitrogen and oxygen atoms in total. The molecular weight excluding hydrogens is 312 g/mol. The highest BCUT2D eigenvalue weighted by molar-refractivity contribution is 5.85. The van der Waals surface area contributed by atoms with Gasteiger partial charge in [0.2, 0.25) is 0 Å². The second-order valence-electron chi connectivity index (χ2n) is 7.17. The SMILES string of the molecule is Cc1cc2c(cc1C)OC(C(=O)NC1CC3CCC(C1)N3)C2.Cl. The quantitative estimate of drug-likeness (QED) is 0.872. The van der Waals surface area contributed by atoms with Crippen LogP contribution in [0.1, 0.15) is 42.4 Å². The Morgan fingerprint density at radius 1 is 1.17 bits per heavy atom. The van der Waals surface area contributed by atoms with Crippen molar-refractivity contribution >= 4 is 18.3 Å². The lowest BCUT2D eigenvalue weighted by atomic mass is 9.99. The average Bonchev–Trinajstić information content (AvgIpc) is 3.03. The molecule has 1 aromatic rings. The Balaban J connectivity index is 0.00000156. The molecule has 0 spiro atoms. The van der Waals surface area contributed by atoms with Crippen LogP contribution in [0.25, 0.3) is 0 Å². The Morgan fingerprint density at radius 2 is 1.83 bits per heavy atom. The summed E-state index contributed by atoms with van der Waals surface area (Å²) in [4.78, 5) is 12.5. The molecule has 3 atom stereocenters. The molecule has 23 heavy (non-hydrogen) atoms. The molecule has 3 aliphatic rings. The van der Waals surface area contributed by atoms with Gasteiger partial charge in [0.15, 0.2) is 6.10 Å². The van der Waals surface area contributed by atoms with E-state index in [4.69, 9.17) is 4.74 Å². The van der Waals surface area contributed by atoms with Crippen LogP contribution in [0.4, 0.5) is 0 Å². The van der Waals surface area contributed by atoms with Gasteiger partial charge in [-0.25, -0.2) is 0 Å². The third-order valence-corrected chi connectivity index (χ3v) is 5.46. The van der Waals surface area contributed by atoms with Crippen LogP contribution in [0, 0.1) is 13.8 Å². The van der Waals surface area contributed by atoms with Crippen LogP contribution in [-0.2, 0) is 11.2 Å². The molecule has 2 N–H and O–H groups in total. The van der Waals surface area contributed by atoms with E-state index >= 15 is 0 Å². The summed E-state index contributed by atoms with van der Waals surface area (Å²) in [6, 6.07) is 5.71. The predicted molar refractivity (Wildman–Crippen MR) is 92.4 cm³/mol. The number of hydrogen-bond donors (Lipinski definition) is 2. The molecule has 0 aliphatic carbocycles. The Hall–Kier alpha value is -1.26. The Labute approximate surface area is 143 Å². The van der Waals surface area contributed by atoms with Crippen molar-refractivity contribution < 1.29 is 9.53 Å². The molecule has 1 amide bonds. The van der Waals surface area contributed by atoms with E-state index in [9.17, 15) is 4.79 Å². The summed E-state index contributed by atoms with van der Waals surface area (Å²) in [5.41, 5.74) is 3.64. The number of carbonyl (C=O) groups is 1. The molecule has 4 rings (SSSR count). The van der Waals surface area contributed by atoms with Gasteiger partial charge in [-0.15, -0.1) is 12.4 Å². The lowest BCUT2D eigenvalue weighted by molar-refractivity contribution is -0.128. The van der Waals surface area contributed by atoms with Gasteiger partial charge < -0.3 is 15.4 Å². The summed E-state index contributed by atoms with van der Waals surface area (Å²) in [5, 5.41) is 6.83. The molecular formula is C18H25ClN2O2. The number of benzene rings is 1. The number of fused-ring (bicyclic) bond motifs is 3. The summed E-state index contributed by atoms with van der Waals surface area (Å²) in [7, 11) is 0. The summed E-state index contributed by atoms with van der Waals surface area (Å²) >= 11 is 0. The van der Waals surface area contributed by atoms with Gasteiger partial charge in [0.1, 0.15) is 5.75 Å². The van der Waals surface area contributed by atoms with Gasteiger partial charge in [-0.05, 0) is 62.3 Å². The summed E-state index contributed by atoms with van der Waals surface area (Å²) in [6.45, 7) is 4.19. The second-order valence-corrected chi connectivity index (χ2v) is 7.17. The molecule has 3 aliphatic heterocycles. The summed E-state index contributed by atoms with van der Waals surface area (Å²) in [6.07, 6.45) is 4.95. The lowest BCUT2D eigenvalue weighted by Crippen LogP contribution is -2.50. The van der Waals surface area contributed by atoms with E-state index in [1.165, 1.54) is 24.0 Å². The summed E-state index contributed by atoms with van der Waals surface area (Å²) < 4.78 is 5.89. The van der Waals surface area contributed by atoms with Gasteiger partial charge in [0.25, 0.3) is 5.91 Å². The molecule has 2 fully saturated rings. The van der Waals surface area contributed by atoms with E-state index in [-0.39, 0.29) is 24.4 Å². The first-order chi connectivity index (χ1) is 10.6. The zero-order valence-electron chi connectivity index (χ0n) is 13.7. The standard InChI is InChI=1S/C18H24N2O2.ClH/c1-10-5-12-7-17(22-16(12)6-11(10)2)18(21)20-15-8-13-3-4-14(9-15)19-13;/h5-6,13-15,17,19H,3-4,7-9H2,1-2H3,(H,20,21);1H. The normalized spacial score (nSPS) is 31.0. The fourth-order valence-electron chi connectivity index (χ4n) is 4.13. The van der Waals surface area contributed by atoms with Crippen LogP contribution in [0.5, 0.6) is 5.75 Å². The van der Waals surface area contributed by atoms with Gasteiger partial charge in [-0.2, -0.15) is 0 Å². The number of nitrogens with one attached hydrogen (secondary N) is 2. The fraction of sp³-hybridized carbons (Fsp3) is 0.611. The van der Waals surface area contributed by atoms with Crippen LogP contribution < -0.4 is 15.4 Å². The van der Waals surface area contributed by atoms with Gasteiger partial charge in [0.05, 0.1) is 0 Å². The molecule has 0 aromatic heterocycles. The number of ether oxygens (including phenoxy) is 1. The van der Waals surface area contributed by atoms with Crippen molar-refractivity contribution in [3.05, 3.63) is 28.8 Å². The zero-order valence-corrected chi connectivity index (χ0v) is 14.5. The number of aryl methyl sites for hydroxylation is 2. The van der Waals surface area contributed by atoms with E-state index < -0.39 is 0 Å². The van der Waals surface area contributed by atoms with E-state index in [0.29, 0.717) is 24.5 Å². The molecule has 3 heterocycles. The average molecular weight is 337 g/mol. The van der Waals surface area contributed by atoms with Crippen molar-refractivity contribution in [2.24, 2.45) is 0 Å². The highest BCUT2D eigenvalue weighted by atomic mass is 35.5. The molecule has 2 bridgehead atoms. The second kappa shape index (κ2) is 6.33. The monoisotopic (exact) mass is 336 g/mol. The van der Waals surface area contributed by atoms with Crippen LogP contribution in [-0.4, -0.2) is 30.1 Å². The van der Waals surface area contributed by atoms with Gasteiger partial charge in [-0.1, -0.05) is 6.07 Å². The first-order valence-corrected chi connectivity index (χ1v) is 8.41. The third-order valence-electron chi connectivity index (χ3n) is 5.46. The largest absolute Gasteiger partial charge is 0.480 e. The van der Waals surface area contributed by atoms with Gasteiger partial charge in [0, 0.05) is 24.5 Å². The Kier molecular flexibility index (Phi) is 4.56. The van der Waals surface area contributed by atoms with E-state index in [1.54, 1.807) is 0 Å². The highest BCUT2D eigenvalue weighted by Crippen LogP contribution is 2.32. The lowest BCUT2D eigenvalue weighted by Gasteiger charge is -2.30. The van der Waals surface area contributed by atoms with E-state index in [1.807, 2.05) is 0 Å². The van der Waals surface area contributed by atoms with Crippen LogP contribution in [0.3, 0.4) is 0 Å². The number of carbonyl (C=O) groups excluding carboxylic acids is 1.